The largest absolute Gasteiger partial charge is 0.324 e. The Kier molecular flexibility index (Phi) is 4.81. The van der Waals surface area contributed by atoms with Gasteiger partial charge in [-0.15, -0.1) is 12.4 Å². The summed E-state index contributed by atoms with van der Waals surface area (Å²) in [4.78, 5) is 11.9. The molecular formula is C12H14ClF3N2O. The van der Waals surface area contributed by atoms with Gasteiger partial charge in [0, 0.05) is 17.8 Å². The third-order valence-electron chi connectivity index (χ3n) is 3.19. The van der Waals surface area contributed by atoms with Crippen LogP contribution < -0.4 is 11.1 Å². The standard InChI is InChI=1S/C12H13F3N2O.ClH/c13-8-5-7(6-9(14)10(8)15)17-11(18)12(16)3-1-2-4-12;/h5-6H,1-4,16H2,(H,17,18);1H. The van der Waals surface area contributed by atoms with Gasteiger partial charge in [-0.05, 0) is 12.8 Å². The van der Waals surface area contributed by atoms with Crippen molar-refractivity contribution in [2.45, 2.75) is 31.2 Å². The summed E-state index contributed by atoms with van der Waals surface area (Å²) >= 11 is 0. The molecule has 0 radical (unpaired) electrons. The van der Waals surface area contributed by atoms with Crippen LogP contribution in [0.3, 0.4) is 0 Å². The zero-order chi connectivity index (χ0) is 13.3. The Morgan fingerprint density at radius 1 is 1.16 bits per heavy atom. The molecular weight excluding hydrogens is 281 g/mol. The fourth-order valence-electron chi connectivity index (χ4n) is 2.12. The molecule has 0 unspecified atom stereocenters. The van der Waals surface area contributed by atoms with E-state index in [1.807, 2.05) is 0 Å². The quantitative estimate of drug-likeness (QED) is 0.824. The van der Waals surface area contributed by atoms with Crippen molar-refractivity contribution < 1.29 is 18.0 Å². The van der Waals surface area contributed by atoms with Crippen molar-refractivity contribution in [3.05, 3.63) is 29.6 Å². The summed E-state index contributed by atoms with van der Waals surface area (Å²) in [6.07, 6.45) is 2.75. The van der Waals surface area contributed by atoms with Gasteiger partial charge in [-0.3, -0.25) is 4.79 Å². The van der Waals surface area contributed by atoms with Crippen molar-refractivity contribution in [2.24, 2.45) is 5.73 Å². The Morgan fingerprint density at radius 3 is 2.11 bits per heavy atom. The topological polar surface area (TPSA) is 55.1 Å². The van der Waals surface area contributed by atoms with E-state index in [1.165, 1.54) is 0 Å². The maximum Gasteiger partial charge on any atom is 0.244 e. The lowest BCUT2D eigenvalue weighted by Gasteiger charge is -2.22. The second-order valence-corrected chi connectivity index (χ2v) is 4.57. The predicted octanol–water partition coefficient (Wildman–Crippen LogP) is 2.74. The fraction of sp³-hybridized carbons (Fsp3) is 0.417. The SMILES string of the molecule is Cl.NC1(C(=O)Nc2cc(F)c(F)c(F)c2)CCCC1. The zero-order valence-corrected chi connectivity index (χ0v) is 10.8. The van der Waals surface area contributed by atoms with Gasteiger partial charge in [0.2, 0.25) is 5.91 Å². The number of carbonyl (C=O) groups excluding carboxylic acids is 1. The van der Waals surface area contributed by atoms with E-state index in [-0.39, 0.29) is 18.1 Å². The molecule has 0 spiro atoms. The average Bonchev–Trinajstić information content (AvgIpc) is 2.74. The van der Waals surface area contributed by atoms with E-state index >= 15 is 0 Å². The lowest BCUT2D eigenvalue weighted by Crippen LogP contribution is -2.48. The highest BCUT2D eigenvalue weighted by Gasteiger charge is 2.37. The van der Waals surface area contributed by atoms with Crippen molar-refractivity contribution >= 4 is 24.0 Å². The molecule has 0 bridgehead atoms. The molecule has 0 aromatic heterocycles. The molecule has 3 nitrogen and oxygen atoms in total. The van der Waals surface area contributed by atoms with Crippen LogP contribution in [0.25, 0.3) is 0 Å². The number of carbonyl (C=O) groups is 1. The molecule has 1 aromatic rings. The van der Waals surface area contributed by atoms with Crippen LogP contribution in [0, 0.1) is 17.5 Å². The van der Waals surface area contributed by atoms with Crippen LogP contribution in [0.1, 0.15) is 25.7 Å². The molecule has 2 rings (SSSR count). The van der Waals surface area contributed by atoms with E-state index in [2.05, 4.69) is 5.32 Å². The third kappa shape index (κ3) is 3.19. The van der Waals surface area contributed by atoms with Gasteiger partial charge in [-0.1, -0.05) is 12.8 Å². The summed E-state index contributed by atoms with van der Waals surface area (Å²) in [6, 6.07) is 1.46. The van der Waals surface area contributed by atoms with Gasteiger partial charge in [-0.2, -0.15) is 0 Å². The Labute approximate surface area is 114 Å². The number of rotatable bonds is 2. The maximum atomic E-state index is 13.0. The van der Waals surface area contributed by atoms with E-state index in [9.17, 15) is 18.0 Å². The van der Waals surface area contributed by atoms with Gasteiger partial charge in [0.05, 0.1) is 5.54 Å². The monoisotopic (exact) mass is 294 g/mol. The molecule has 1 aliphatic rings. The van der Waals surface area contributed by atoms with Crippen LogP contribution in [0.15, 0.2) is 12.1 Å². The third-order valence-corrected chi connectivity index (χ3v) is 3.19. The highest BCUT2D eigenvalue weighted by Crippen LogP contribution is 2.28. The number of nitrogens with one attached hydrogen (secondary N) is 1. The molecule has 19 heavy (non-hydrogen) atoms. The van der Waals surface area contributed by atoms with Crippen LogP contribution in [0.4, 0.5) is 18.9 Å². The minimum atomic E-state index is -1.56. The van der Waals surface area contributed by atoms with Crippen molar-refractivity contribution in [3.63, 3.8) is 0 Å². The molecule has 0 atom stereocenters. The molecule has 1 saturated carbocycles. The van der Waals surface area contributed by atoms with Crippen LogP contribution in [-0.4, -0.2) is 11.4 Å². The Hall–Kier alpha value is -1.27. The molecule has 1 aliphatic carbocycles. The highest BCUT2D eigenvalue weighted by atomic mass is 35.5. The van der Waals surface area contributed by atoms with Gasteiger partial charge < -0.3 is 11.1 Å². The van der Waals surface area contributed by atoms with Gasteiger partial charge in [0.25, 0.3) is 0 Å². The summed E-state index contributed by atoms with van der Waals surface area (Å²) in [5, 5.41) is 2.32. The van der Waals surface area contributed by atoms with E-state index in [4.69, 9.17) is 5.73 Å². The summed E-state index contributed by atoms with van der Waals surface area (Å²) in [7, 11) is 0. The van der Waals surface area contributed by atoms with Crippen LogP contribution in [0.2, 0.25) is 0 Å². The molecule has 0 saturated heterocycles. The van der Waals surface area contributed by atoms with Crippen molar-refractivity contribution in [3.8, 4) is 0 Å². The number of halogens is 4. The molecule has 1 fully saturated rings. The number of amides is 1. The van der Waals surface area contributed by atoms with Crippen molar-refractivity contribution in [2.75, 3.05) is 5.32 Å². The molecule has 0 aliphatic heterocycles. The van der Waals surface area contributed by atoms with Gasteiger partial charge >= 0.3 is 0 Å². The first-order valence-corrected chi connectivity index (χ1v) is 5.67. The van der Waals surface area contributed by atoms with Crippen LogP contribution >= 0.6 is 12.4 Å². The normalized spacial score (nSPS) is 16.8. The van der Waals surface area contributed by atoms with Crippen LogP contribution in [-0.2, 0) is 4.79 Å². The highest BCUT2D eigenvalue weighted by molar-refractivity contribution is 5.98. The first-order valence-electron chi connectivity index (χ1n) is 5.67. The fourth-order valence-corrected chi connectivity index (χ4v) is 2.12. The smallest absolute Gasteiger partial charge is 0.244 e. The van der Waals surface area contributed by atoms with E-state index in [1.54, 1.807) is 0 Å². The first kappa shape index (κ1) is 15.8. The molecule has 106 valence electrons. The molecule has 3 N–H and O–H groups in total. The van der Waals surface area contributed by atoms with E-state index < -0.39 is 28.9 Å². The number of benzene rings is 1. The lowest BCUT2D eigenvalue weighted by molar-refractivity contribution is -0.121. The van der Waals surface area contributed by atoms with Crippen molar-refractivity contribution in [1.82, 2.24) is 0 Å². The second-order valence-electron chi connectivity index (χ2n) is 4.57. The number of anilines is 1. The average molecular weight is 295 g/mol. The Bertz CT molecular complexity index is 467. The summed E-state index contributed by atoms with van der Waals surface area (Å²) in [5.74, 6) is -4.74. The predicted molar refractivity (Wildman–Crippen MR) is 67.6 cm³/mol. The molecule has 7 heteroatoms. The lowest BCUT2D eigenvalue weighted by atomic mass is 9.98. The molecule has 0 heterocycles. The van der Waals surface area contributed by atoms with Crippen LogP contribution in [0.5, 0.6) is 0 Å². The molecule has 1 aromatic carbocycles. The summed E-state index contributed by atoms with van der Waals surface area (Å²) < 4.78 is 38.7. The van der Waals surface area contributed by atoms with Crippen molar-refractivity contribution in [1.29, 1.82) is 0 Å². The van der Waals surface area contributed by atoms with E-state index in [0.29, 0.717) is 12.8 Å². The molecule has 1 amide bonds. The number of hydrogen-bond donors (Lipinski definition) is 2. The first-order chi connectivity index (χ1) is 8.42. The minimum absolute atomic E-state index is 0. The van der Waals surface area contributed by atoms with E-state index in [0.717, 1.165) is 25.0 Å². The van der Waals surface area contributed by atoms with Gasteiger partial charge in [0.1, 0.15) is 0 Å². The maximum absolute atomic E-state index is 13.0. The Balaban J connectivity index is 0.00000180. The Morgan fingerprint density at radius 2 is 1.63 bits per heavy atom. The summed E-state index contributed by atoms with van der Waals surface area (Å²) in [6.45, 7) is 0. The van der Waals surface area contributed by atoms with Gasteiger partial charge in [-0.25, -0.2) is 13.2 Å². The number of nitrogens with two attached hydrogens (primary N) is 1. The summed E-state index contributed by atoms with van der Waals surface area (Å²) in [5.41, 5.74) is 4.75. The second kappa shape index (κ2) is 5.79. The number of hydrogen-bond acceptors (Lipinski definition) is 2. The zero-order valence-electron chi connectivity index (χ0n) is 10.0. The van der Waals surface area contributed by atoms with Gasteiger partial charge in [0.15, 0.2) is 17.5 Å². The minimum Gasteiger partial charge on any atom is -0.324 e.